The van der Waals surface area contributed by atoms with Crippen molar-refractivity contribution in [3.63, 3.8) is 0 Å². The molecule has 0 aliphatic carbocycles. The number of likely N-dealkylation sites (tertiary alicyclic amines) is 1. The van der Waals surface area contributed by atoms with Crippen LogP contribution in [0.2, 0.25) is 5.02 Å². The Labute approximate surface area is 193 Å². The van der Waals surface area contributed by atoms with Crippen molar-refractivity contribution in [3.05, 3.63) is 77.2 Å². The molecule has 1 aliphatic rings. The second-order valence-electron chi connectivity index (χ2n) is 8.21. The highest BCUT2D eigenvalue weighted by Crippen LogP contribution is 2.27. The van der Waals surface area contributed by atoms with E-state index in [0.29, 0.717) is 22.2 Å². The molecular formula is C23H25ClN4O3S. The van der Waals surface area contributed by atoms with Gasteiger partial charge in [0.25, 0.3) is 15.9 Å². The number of rotatable bonds is 6. The van der Waals surface area contributed by atoms with Crippen LogP contribution in [0.1, 0.15) is 29.3 Å². The normalized spacial score (nSPS) is 16.3. The number of carbonyl (C=O) groups excluding carboxylic acids is 1. The molecule has 9 heteroatoms. The van der Waals surface area contributed by atoms with Crippen molar-refractivity contribution < 1.29 is 13.2 Å². The molecule has 168 valence electrons. The van der Waals surface area contributed by atoms with Crippen LogP contribution in [0, 0.1) is 5.92 Å². The molecule has 1 fully saturated rings. The van der Waals surface area contributed by atoms with E-state index in [-0.39, 0.29) is 17.5 Å². The Bertz CT molecular complexity index is 1210. The maximum Gasteiger partial charge on any atom is 0.283 e. The minimum absolute atomic E-state index is 0.0299. The van der Waals surface area contributed by atoms with E-state index in [1.807, 2.05) is 4.90 Å². The third-order valence-corrected chi connectivity index (χ3v) is 7.50. The number of carbonyl (C=O) groups is 1. The van der Waals surface area contributed by atoms with E-state index in [0.717, 1.165) is 25.1 Å². The van der Waals surface area contributed by atoms with E-state index in [2.05, 4.69) is 11.9 Å². The molecule has 0 saturated carbocycles. The molecule has 1 aromatic heterocycles. The first-order chi connectivity index (χ1) is 15.2. The Morgan fingerprint density at radius 2 is 1.84 bits per heavy atom. The van der Waals surface area contributed by atoms with Crippen LogP contribution in [-0.2, 0) is 23.6 Å². The van der Waals surface area contributed by atoms with Gasteiger partial charge in [-0.15, -0.1) is 0 Å². The third-order valence-electron chi connectivity index (χ3n) is 5.59. The van der Waals surface area contributed by atoms with Crippen LogP contribution in [0.15, 0.2) is 66.1 Å². The minimum Gasteiger partial charge on any atom is -0.339 e. The summed E-state index contributed by atoms with van der Waals surface area (Å²) in [6, 6.07) is 13.7. The third kappa shape index (κ3) is 4.66. The first kappa shape index (κ1) is 22.4. The molecule has 2 aromatic carbocycles. The molecule has 1 atom stereocenters. The molecule has 1 saturated heterocycles. The van der Waals surface area contributed by atoms with E-state index in [1.54, 1.807) is 60.1 Å². The number of aryl methyl sites for hydroxylation is 1. The van der Waals surface area contributed by atoms with Gasteiger partial charge >= 0.3 is 0 Å². The first-order valence-electron chi connectivity index (χ1n) is 10.4. The fraction of sp³-hybridized carbons (Fsp3) is 0.304. The number of anilines is 1. The van der Waals surface area contributed by atoms with Gasteiger partial charge in [-0.2, -0.15) is 8.42 Å². The molecule has 7 nitrogen and oxygen atoms in total. The van der Waals surface area contributed by atoms with Gasteiger partial charge < -0.3 is 9.47 Å². The van der Waals surface area contributed by atoms with Gasteiger partial charge in [-0.3, -0.25) is 9.10 Å². The van der Waals surface area contributed by atoms with Gasteiger partial charge in [0, 0.05) is 36.9 Å². The summed E-state index contributed by atoms with van der Waals surface area (Å²) in [5.41, 5.74) is 1.78. The molecule has 0 radical (unpaired) electrons. The van der Waals surface area contributed by atoms with Crippen molar-refractivity contribution >= 4 is 33.2 Å². The number of halogens is 1. The summed E-state index contributed by atoms with van der Waals surface area (Å²) >= 11 is 5.98. The Balaban J connectivity index is 1.66. The molecule has 1 unspecified atom stereocenters. The van der Waals surface area contributed by atoms with Crippen LogP contribution in [0.5, 0.6) is 0 Å². The van der Waals surface area contributed by atoms with Gasteiger partial charge in [0.1, 0.15) is 0 Å². The minimum atomic E-state index is -3.92. The smallest absolute Gasteiger partial charge is 0.283 e. The number of hydrogen-bond acceptors (Lipinski definition) is 4. The molecule has 0 bridgehead atoms. The van der Waals surface area contributed by atoms with Crippen LogP contribution in [-0.4, -0.2) is 41.9 Å². The average molecular weight is 473 g/mol. The Morgan fingerprint density at radius 3 is 2.41 bits per heavy atom. The number of benzene rings is 2. The van der Waals surface area contributed by atoms with Crippen molar-refractivity contribution in [1.82, 2.24) is 14.5 Å². The number of amides is 1. The summed E-state index contributed by atoms with van der Waals surface area (Å²) in [5.74, 6) is 0.467. The monoisotopic (exact) mass is 472 g/mol. The molecule has 32 heavy (non-hydrogen) atoms. The second-order valence-corrected chi connectivity index (χ2v) is 10.5. The highest BCUT2D eigenvalue weighted by molar-refractivity contribution is 7.92. The number of nitrogens with zero attached hydrogens (tertiary/aromatic N) is 4. The number of aromatic nitrogens is 2. The summed E-state index contributed by atoms with van der Waals surface area (Å²) in [6.07, 6.45) is 3.92. The predicted molar refractivity (Wildman–Crippen MR) is 124 cm³/mol. The second kappa shape index (κ2) is 8.96. The molecule has 1 aliphatic heterocycles. The maximum atomic E-state index is 13.4. The molecule has 0 spiro atoms. The zero-order chi connectivity index (χ0) is 22.9. The van der Waals surface area contributed by atoms with Gasteiger partial charge in [0.05, 0.1) is 18.6 Å². The standard InChI is InChI=1S/C23H25ClN4O3S/c1-17-11-12-27(13-17)23(29)19-5-9-21(10-6-19)28(14-18-3-7-20(24)8-4-18)32(30,31)22-15-26(2)16-25-22/h3-10,15-17H,11-14H2,1-2H3. The maximum absolute atomic E-state index is 13.4. The topological polar surface area (TPSA) is 75.5 Å². The Kier molecular flexibility index (Phi) is 6.26. The molecule has 3 aromatic rings. The van der Waals surface area contributed by atoms with Crippen molar-refractivity contribution in [2.75, 3.05) is 17.4 Å². The molecule has 1 amide bonds. The van der Waals surface area contributed by atoms with Gasteiger partial charge in [0.2, 0.25) is 0 Å². The Morgan fingerprint density at radius 1 is 1.16 bits per heavy atom. The molecule has 0 N–H and O–H groups in total. The van der Waals surface area contributed by atoms with E-state index in [9.17, 15) is 13.2 Å². The molecular weight excluding hydrogens is 448 g/mol. The Hall–Kier alpha value is -2.84. The zero-order valence-electron chi connectivity index (χ0n) is 18.0. The molecule has 4 rings (SSSR count). The summed E-state index contributed by atoms with van der Waals surface area (Å²) in [6.45, 7) is 3.73. The largest absolute Gasteiger partial charge is 0.339 e. The van der Waals surface area contributed by atoms with Crippen LogP contribution in [0.4, 0.5) is 5.69 Å². The summed E-state index contributed by atoms with van der Waals surface area (Å²) in [4.78, 5) is 18.7. The lowest BCUT2D eigenvalue weighted by Crippen LogP contribution is -2.31. The van der Waals surface area contributed by atoms with E-state index < -0.39 is 10.0 Å². The SMILES string of the molecule is CC1CCN(C(=O)c2ccc(N(Cc3ccc(Cl)cc3)S(=O)(=O)c3cn(C)cn3)cc2)C1. The fourth-order valence-corrected chi connectivity index (χ4v) is 5.33. The summed E-state index contributed by atoms with van der Waals surface area (Å²) in [7, 11) is -2.21. The number of hydrogen-bond donors (Lipinski definition) is 0. The average Bonchev–Trinajstić information content (AvgIpc) is 3.41. The van der Waals surface area contributed by atoms with Crippen molar-refractivity contribution in [3.8, 4) is 0 Å². The lowest BCUT2D eigenvalue weighted by Gasteiger charge is -2.24. The van der Waals surface area contributed by atoms with Crippen molar-refractivity contribution in [2.45, 2.75) is 24.9 Å². The molecule has 2 heterocycles. The van der Waals surface area contributed by atoms with E-state index >= 15 is 0 Å². The van der Waals surface area contributed by atoms with Gasteiger partial charge in [0.15, 0.2) is 5.03 Å². The van der Waals surface area contributed by atoms with Crippen LogP contribution in [0.3, 0.4) is 0 Å². The first-order valence-corrected chi connectivity index (χ1v) is 12.2. The van der Waals surface area contributed by atoms with Crippen LogP contribution < -0.4 is 4.31 Å². The fourth-order valence-electron chi connectivity index (χ4n) is 3.78. The number of imidazole rings is 1. The van der Waals surface area contributed by atoms with Crippen LogP contribution >= 0.6 is 11.6 Å². The van der Waals surface area contributed by atoms with Crippen LogP contribution in [0.25, 0.3) is 0 Å². The van der Waals surface area contributed by atoms with Gasteiger partial charge in [-0.25, -0.2) is 4.98 Å². The van der Waals surface area contributed by atoms with Gasteiger partial charge in [-0.1, -0.05) is 30.7 Å². The lowest BCUT2D eigenvalue weighted by atomic mass is 10.1. The highest BCUT2D eigenvalue weighted by Gasteiger charge is 2.28. The lowest BCUT2D eigenvalue weighted by molar-refractivity contribution is 0.0788. The summed E-state index contributed by atoms with van der Waals surface area (Å²) in [5, 5.41) is 0.534. The van der Waals surface area contributed by atoms with E-state index in [1.165, 1.54) is 16.8 Å². The van der Waals surface area contributed by atoms with Crippen molar-refractivity contribution in [2.24, 2.45) is 13.0 Å². The summed E-state index contributed by atoms with van der Waals surface area (Å²) < 4.78 is 29.7. The quantitative estimate of drug-likeness (QED) is 0.544. The highest BCUT2D eigenvalue weighted by atomic mass is 35.5. The van der Waals surface area contributed by atoms with Gasteiger partial charge in [-0.05, 0) is 54.3 Å². The van der Waals surface area contributed by atoms with E-state index in [4.69, 9.17) is 11.6 Å². The predicted octanol–water partition coefficient (Wildman–Crippen LogP) is 3.95. The van der Waals surface area contributed by atoms with Crippen molar-refractivity contribution in [1.29, 1.82) is 0 Å². The number of sulfonamides is 1. The zero-order valence-corrected chi connectivity index (χ0v) is 19.6.